The molecule has 3 saturated carbocycles. The standard InChI is InChI=1S/C12H14O/c13-11-6-9-7-12(11,8-9)10-4-2-1-3-5-10/h1-5,9,11,13H,6-8H2. The lowest BCUT2D eigenvalue weighted by Gasteiger charge is -2.40. The fourth-order valence-electron chi connectivity index (χ4n) is 3.15. The second-order valence-corrected chi connectivity index (χ2v) is 4.55. The molecule has 0 amide bonds. The maximum atomic E-state index is 9.94. The van der Waals surface area contributed by atoms with Crippen LogP contribution in [-0.4, -0.2) is 11.2 Å². The number of rotatable bonds is 1. The average Bonchev–Trinajstić information content (AvgIpc) is 2.58. The van der Waals surface area contributed by atoms with E-state index in [1.807, 2.05) is 6.07 Å². The van der Waals surface area contributed by atoms with Gasteiger partial charge in [-0.3, -0.25) is 0 Å². The Kier molecular flexibility index (Phi) is 1.37. The van der Waals surface area contributed by atoms with Gasteiger partial charge in [-0.2, -0.15) is 0 Å². The first-order valence-corrected chi connectivity index (χ1v) is 5.05. The van der Waals surface area contributed by atoms with Gasteiger partial charge < -0.3 is 5.11 Å². The molecule has 4 rings (SSSR count). The van der Waals surface area contributed by atoms with Gasteiger partial charge in [-0.1, -0.05) is 30.3 Å². The van der Waals surface area contributed by atoms with Crippen molar-refractivity contribution < 1.29 is 5.11 Å². The molecule has 1 atom stereocenters. The van der Waals surface area contributed by atoms with Crippen LogP contribution in [0.1, 0.15) is 24.8 Å². The van der Waals surface area contributed by atoms with E-state index in [4.69, 9.17) is 0 Å². The number of aliphatic hydroxyl groups excluding tert-OH is 1. The van der Waals surface area contributed by atoms with Crippen molar-refractivity contribution in [2.24, 2.45) is 5.92 Å². The molecule has 2 bridgehead atoms. The summed E-state index contributed by atoms with van der Waals surface area (Å²) in [4.78, 5) is 0. The van der Waals surface area contributed by atoms with Gasteiger partial charge in [-0.15, -0.1) is 0 Å². The SMILES string of the molecule is OC1CC2CC1(c1ccccc1)C2. The minimum absolute atomic E-state index is 0.0834. The number of aliphatic hydroxyl groups is 1. The summed E-state index contributed by atoms with van der Waals surface area (Å²) in [6, 6.07) is 10.5. The molecule has 0 radical (unpaired) electrons. The molecule has 3 aliphatic carbocycles. The lowest BCUT2D eigenvalue weighted by molar-refractivity contribution is 0.0969. The van der Waals surface area contributed by atoms with Gasteiger partial charge in [0.05, 0.1) is 6.10 Å². The first-order valence-electron chi connectivity index (χ1n) is 5.05. The monoisotopic (exact) mass is 174 g/mol. The minimum atomic E-state index is -0.0834. The van der Waals surface area contributed by atoms with E-state index in [2.05, 4.69) is 24.3 Å². The second kappa shape index (κ2) is 2.36. The number of hydrogen-bond donors (Lipinski definition) is 1. The maximum Gasteiger partial charge on any atom is 0.0639 e. The molecule has 1 aromatic carbocycles. The third-order valence-corrected chi connectivity index (χ3v) is 3.85. The summed E-state index contributed by atoms with van der Waals surface area (Å²) in [6.45, 7) is 0. The van der Waals surface area contributed by atoms with Gasteiger partial charge in [0.2, 0.25) is 0 Å². The van der Waals surface area contributed by atoms with E-state index in [1.54, 1.807) is 0 Å². The quantitative estimate of drug-likeness (QED) is 0.691. The molecule has 3 aliphatic rings. The summed E-state index contributed by atoms with van der Waals surface area (Å²) in [6.07, 6.45) is 3.35. The topological polar surface area (TPSA) is 20.2 Å². The zero-order valence-electron chi connectivity index (χ0n) is 7.61. The number of fused-ring (bicyclic) bond motifs is 1. The van der Waals surface area contributed by atoms with Crippen molar-refractivity contribution in [3.05, 3.63) is 35.9 Å². The Morgan fingerprint density at radius 1 is 1.15 bits per heavy atom. The lowest BCUT2D eigenvalue weighted by atomic mass is 9.65. The lowest BCUT2D eigenvalue weighted by Crippen LogP contribution is -2.39. The Labute approximate surface area is 78.4 Å². The molecule has 0 saturated heterocycles. The highest BCUT2D eigenvalue weighted by atomic mass is 16.3. The predicted octanol–water partition coefficient (Wildman–Crippen LogP) is 2.10. The van der Waals surface area contributed by atoms with Crippen LogP contribution >= 0.6 is 0 Å². The summed E-state index contributed by atoms with van der Waals surface area (Å²) >= 11 is 0. The van der Waals surface area contributed by atoms with Crippen molar-refractivity contribution in [2.75, 3.05) is 0 Å². The minimum Gasteiger partial charge on any atom is -0.392 e. The van der Waals surface area contributed by atoms with Gasteiger partial charge in [0.25, 0.3) is 0 Å². The summed E-state index contributed by atoms with van der Waals surface area (Å²) in [5.74, 6) is 0.801. The first-order chi connectivity index (χ1) is 6.31. The molecule has 3 fully saturated rings. The summed E-state index contributed by atoms with van der Waals surface area (Å²) in [5, 5.41) is 9.94. The van der Waals surface area contributed by atoms with Crippen LogP contribution < -0.4 is 0 Å². The Morgan fingerprint density at radius 3 is 2.38 bits per heavy atom. The van der Waals surface area contributed by atoms with Crippen molar-refractivity contribution in [2.45, 2.75) is 30.8 Å². The van der Waals surface area contributed by atoms with Crippen LogP contribution in [0.25, 0.3) is 0 Å². The summed E-state index contributed by atoms with van der Waals surface area (Å²) in [7, 11) is 0. The highest BCUT2D eigenvalue weighted by Gasteiger charge is 2.57. The van der Waals surface area contributed by atoms with E-state index in [-0.39, 0.29) is 11.5 Å². The fourth-order valence-corrected chi connectivity index (χ4v) is 3.15. The highest BCUT2D eigenvalue weighted by Crippen LogP contribution is 2.59. The largest absolute Gasteiger partial charge is 0.392 e. The fraction of sp³-hybridized carbons (Fsp3) is 0.500. The van der Waals surface area contributed by atoms with Gasteiger partial charge >= 0.3 is 0 Å². The Bertz CT molecular complexity index is 311. The van der Waals surface area contributed by atoms with Crippen molar-refractivity contribution in [1.29, 1.82) is 0 Å². The smallest absolute Gasteiger partial charge is 0.0639 e. The van der Waals surface area contributed by atoms with E-state index < -0.39 is 0 Å². The molecule has 68 valence electrons. The predicted molar refractivity (Wildman–Crippen MR) is 51.5 cm³/mol. The molecule has 13 heavy (non-hydrogen) atoms. The van der Waals surface area contributed by atoms with Crippen LogP contribution in [0.15, 0.2) is 30.3 Å². The van der Waals surface area contributed by atoms with Crippen LogP contribution in [0.3, 0.4) is 0 Å². The van der Waals surface area contributed by atoms with Crippen LogP contribution in [-0.2, 0) is 5.41 Å². The van der Waals surface area contributed by atoms with Crippen molar-refractivity contribution in [3.8, 4) is 0 Å². The molecular formula is C12H14O. The van der Waals surface area contributed by atoms with Crippen LogP contribution in [0.5, 0.6) is 0 Å². The van der Waals surface area contributed by atoms with E-state index in [0.717, 1.165) is 12.3 Å². The highest BCUT2D eigenvalue weighted by molar-refractivity contribution is 5.33. The maximum absolute atomic E-state index is 9.94. The number of hydrogen-bond acceptors (Lipinski definition) is 1. The zero-order chi connectivity index (χ0) is 8.89. The molecule has 1 N–H and O–H groups in total. The molecule has 0 spiro atoms. The van der Waals surface area contributed by atoms with Crippen LogP contribution in [0, 0.1) is 5.92 Å². The molecule has 1 aromatic rings. The third-order valence-electron chi connectivity index (χ3n) is 3.85. The average molecular weight is 174 g/mol. The van der Waals surface area contributed by atoms with Crippen molar-refractivity contribution in [1.82, 2.24) is 0 Å². The van der Waals surface area contributed by atoms with Gasteiger partial charge in [0, 0.05) is 5.41 Å². The Balaban J connectivity index is 2.02. The molecule has 1 nitrogen and oxygen atoms in total. The molecular weight excluding hydrogens is 160 g/mol. The molecule has 0 heterocycles. The van der Waals surface area contributed by atoms with E-state index >= 15 is 0 Å². The van der Waals surface area contributed by atoms with E-state index in [1.165, 1.54) is 18.4 Å². The van der Waals surface area contributed by atoms with Crippen LogP contribution in [0.2, 0.25) is 0 Å². The summed E-state index contributed by atoms with van der Waals surface area (Å²) in [5.41, 5.74) is 1.49. The molecule has 1 heteroatoms. The molecule has 1 unspecified atom stereocenters. The van der Waals surface area contributed by atoms with Gasteiger partial charge in [-0.25, -0.2) is 0 Å². The zero-order valence-corrected chi connectivity index (χ0v) is 7.61. The Hall–Kier alpha value is -0.820. The van der Waals surface area contributed by atoms with Gasteiger partial charge in [-0.05, 0) is 30.7 Å². The molecule has 0 aliphatic heterocycles. The Morgan fingerprint density at radius 2 is 1.85 bits per heavy atom. The van der Waals surface area contributed by atoms with E-state index in [9.17, 15) is 5.11 Å². The summed E-state index contributed by atoms with van der Waals surface area (Å²) < 4.78 is 0. The first kappa shape index (κ1) is 7.57. The van der Waals surface area contributed by atoms with E-state index in [0.29, 0.717) is 0 Å². The normalized spacial score (nSPS) is 41.6. The molecule has 0 aromatic heterocycles. The van der Waals surface area contributed by atoms with Crippen LogP contribution in [0.4, 0.5) is 0 Å². The van der Waals surface area contributed by atoms with Crippen molar-refractivity contribution in [3.63, 3.8) is 0 Å². The van der Waals surface area contributed by atoms with Crippen molar-refractivity contribution >= 4 is 0 Å². The van der Waals surface area contributed by atoms with Gasteiger partial charge in [0.15, 0.2) is 0 Å². The number of benzene rings is 1. The third kappa shape index (κ3) is 0.856. The van der Waals surface area contributed by atoms with Gasteiger partial charge in [0.1, 0.15) is 0 Å². The second-order valence-electron chi connectivity index (χ2n) is 4.55.